The van der Waals surface area contributed by atoms with Crippen LogP contribution < -0.4 is 0 Å². The van der Waals surface area contributed by atoms with Gasteiger partial charge in [0.2, 0.25) is 0 Å². The number of hydrogen-bond donors (Lipinski definition) is 0. The van der Waals surface area contributed by atoms with Crippen molar-refractivity contribution in [1.82, 2.24) is 4.90 Å². The molecule has 1 aromatic carbocycles. The van der Waals surface area contributed by atoms with Crippen molar-refractivity contribution in [2.75, 3.05) is 6.54 Å². The lowest BCUT2D eigenvalue weighted by atomic mass is 9.94. The molecule has 1 saturated carbocycles. The highest BCUT2D eigenvalue weighted by Gasteiger charge is 2.40. The second-order valence-electron chi connectivity index (χ2n) is 6.53. The molecule has 3 aliphatic rings. The first-order valence-electron chi connectivity index (χ1n) is 8.05. The minimum Gasteiger partial charge on any atom is -0.270 e. The second kappa shape index (κ2) is 5.95. The van der Waals surface area contributed by atoms with Crippen molar-refractivity contribution in [1.29, 1.82) is 0 Å². The minimum absolute atomic E-state index is 0.00498. The number of rotatable bonds is 3. The standard InChI is InChI=1S/C18H16ClIN2O2/c1-9-13(14(20)15(10-6-7-10)21-16(9)19)8-22-17(23)11-4-2-3-5-12(11)18(22)24/h2-5,9-10,16H,6-8H2,1H3. The van der Waals surface area contributed by atoms with Crippen LogP contribution in [0.1, 0.15) is 40.5 Å². The summed E-state index contributed by atoms with van der Waals surface area (Å²) in [5.74, 6) is 0.0513. The molecular formula is C18H16ClIN2O2. The maximum absolute atomic E-state index is 12.6. The quantitative estimate of drug-likeness (QED) is 0.300. The van der Waals surface area contributed by atoms with Gasteiger partial charge in [0.05, 0.1) is 23.4 Å². The van der Waals surface area contributed by atoms with Crippen molar-refractivity contribution >= 4 is 51.7 Å². The zero-order valence-corrected chi connectivity index (χ0v) is 16.0. The Labute approximate surface area is 159 Å². The Morgan fingerprint density at radius 1 is 1.21 bits per heavy atom. The summed E-state index contributed by atoms with van der Waals surface area (Å²) in [6, 6.07) is 6.99. The molecule has 4 nitrogen and oxygen atoms in total. The number of benzene rings is 1. The highest BCUT2D eigenvalue weighted by atomic mass is 127. The molecule has 2 amide bonds. The van der Waals surface area contributed by atoms with Crippen LogP contribution in [-0.4, -0.2) is 34.5 Å². The molecule has 124 valence electrons. The number of nitrogens with zero attached hydrogens (tertiary/aromatic N) is 2. The van der Waals surface area contributed by atoms with Gasteiger partial charge < -0.3 is 0 Å². The van der Waals surface area contributed by atoms with E-state index in [0.717, 1.165) is 27.7 Å². The Morgan fingerprint density at radius 2 is 1.79 bits per heavy atom. The molecule has 6 heteroatoms. The highest BCUT2D eigenvalue weighted by molar-refractivity contribution is 14.1. The van der Waals surface area contributed by atoms with Gasteiger partial charge in [0.25, 0.3) is 11.8 Å². The SMILES string of the molecule is CC1C(CN2C(=O)c3ccccc3C2=O)=C(I)C(C2CC2)=NC1Cl. The van der Waals surface area contributed by atoms with Crippen LogP contribution in [0.25, 0.3) is 0 Å². The van der Waals surface area contributed by atoms with Gasteiger partial charge in [0.15, 0.2) is 0 Å². The van der Waals surface area contributed by atoms with Gasteiger partial charge in [0, 0.05) is 15.4 Å². The third kappa shape index (κ3) is 2.52. The van der Waals surface area contributed by atoms with Crippen molar-refractivity contribution < 1.29 is 9.59 Å². The number of halogens is 2. The van der Waals surface area contributed by atoms with Crippen LogP contribution in [0, 0.1) is 11.8 Å². The molecule has 4 rings (SSSR count). The first-order valence-corrected chi connectivity index (χ1v) is 9.56. The van der Waals surface area contributed by atoms with Gasteiger partial charge in [-0.1, -0.05) is 30.7 Å². The van der Waals surface area contributed by atoms with Crippen LogP contribution in [0.3, 0.4) is 0 Å². The van der Waals surface area contributed by atoms with Crippen LogP contribution >= 0.6 is 34.2 Å². The van der Waals surface area contributed by atoms with E-state index in [0.29, 0.717) is 23.6 Å². The fourth-order valence-corrected chi connectivity index (χ4v) is 4.74. The van der Waals surface area contributed by atoms with Crippen LogP contribution in [0.15, 0.2) is 38.4 Å². The Bertz CT molecular complexity index is 778. The summed E-state index contributed by atoms with van der Waals surface area (Å²) in [6.07, 6.45) is 2.28. The lowest BCUT2D eigenvalue weighted by Crippen LogP contribution is -2.36. The van der Waals surface area contributed by atoms with Crippen LogP contribution in [0.5, 0.6) is 0 Å². The number of amides is 2. The topological polar surface area (TPSA) is 49.7 Å². The van der Waals surface area contributed by atoms with Crippen molar-refractivity contribution in [2.45, 2.75) is 25.3 Å². The van der Waals surface area contributed by atoms with Gasteiger partial charge in [-0.3, -0.25) is 19.5 Å². The first-order chi connectivity index (χ1) is 11.5. The maximum Gasteiger partial charge on any atom is 0.261 e. The van der Waals surface area contributed by atoms with Crippen LogP contribution in [0.2, 0.25) is 0 Å². The Hall–Kier alpha value is -1.21. The van der Waals surface area contributed by atoms with E-state index in [-0.39, 0.29) is 23.2 Å². The molecule has 0 bridgehead atoms. The number of carbonyl (C=O) groups excluding carboxylic acids is 2. The predicted molar refractivity (Wildman–Crippen MR) is 102 cm³/mol. The summed E-state index contributed by atoms with van der Waals surface area (Å²) in [7, 11) is 0. The molecule has 0 spiro atoms. The molecule has 2 aliphatic heterocycles. The number of carbonyl (C=O) groups is 2. The van der Waals surface area contributed by atoms with E-state index in [2.05, 4.69) is 27.6 Å². The molecule has 1 fully saturated rings. The third-order valence-corrected chi connectivity index (χ3v) is 6.62. The van der Waals surface area contributed by atoms with Gasteiger partial charge in [-0.2, -0.15) is 0 Å². The Kier molecular flexibility index (Phi) is 4.03. The molecule has 2 atom stereocenters. The van der Waals surface area contributed by atoms with E-state index in [1.807, 2.05) is 6.92 Å². The van der Waals surface area contributed by atoms with Crippen LogP contribution in [0.4, 0.5) is 0 Å². The van der Waals surface area contributed by atoms with Crippen LogP contribution in [-0.2, 0) is 0 Å². The molecule has 0 radical (unpaired) electrons. The Morgan fingerprint density at radius 3 is 2.33 bits per heavy atom. The number of allylic oxidation sites excluding steroid dienone is 1. The van der Waals surface area contributed by atoms with Crippen molar-refractivity contribution in [3.8, 4) is 0 Å². The average molecular weight is 455 g/mol. The van der Waals surface area contributed by atoms with Crippen molar-refractivity contribution in [2.24, 2.45) is 16.8 Å². The molecule has 0 saturated heterocycles. The fraction of sp³-hybridized carbons (Fsp3) is 0.389. The predicted octanol–water partition coefficient (Wildman–Crippen LogP) is 4.04. The third-order valence-electron chi connectivity index (χ3n) is 4.90. The maximum atomic E-state index is 12.6. The summed E-state index contributed by atoms with van der Waals surface area (Å²) in [5, 5.41) is 0. The fourth-order valence-electron chi connectivity index (χ4n) is 3.24. The number of aliphatic imine (C=N–C) groups is 1. The van der Waals surface area contributed by atoms with Gasteiger partial charge in [-0.25, -0.2) is 0 Å². The monoisotopic (exact) mass is 454 g/mol. The lowest BCUT2D eigenvalue weighted by Gasteiger charge is -2.29. The van der Waals surface area contributed by atoms with E-state index in [4.69, 9.17) is 11.6 Å². The number of dihydropyridines is 1. The van der Waals surface area contributed by atoms with E-state index < -0.39 is 0 Å². The molecule has 0 N–H and O–H groups in total. The Balaban J connectivity index is 1.67. The molecule has 1 aromatic rings. The minimum atomic E-state index is -0.329. The number of imide groups is 1. The molecule has 0 aromatic heterocycles. The molecular weight excluding hydrogens is 439 g/mol. The number of fused-ring (bicyclic) bond motifs is 1. The summed E-state index contributed by atoms with van der Waals surface area (Å²) in [6.45, 7) is 2.30. The average Bonchev–Trinajstić information content (AvgIpc) is 3.39. The molecule has 2 unspecified atom stereocenters. The van der Waals surface area contributed by atoms with E-state index in [9.17, 15) is 9.59 Å². The van der Waals surface area contributed by atoms with E-state index >= 15 is 0 Å². The largest absolute Gasteiger partial charge is 0.270 e. The molecule has 24 heavy (non-hydrogen) atoms. The lowest BCUT2D eigenvalue weighted by molar-refractivity contribution is 0.0665. The van der Waals surface area contributed by atoms with Gasteiger partial charge in [0.1, 0.15) is 5.50 Å². The molecule has 2 heterocycles. The number of alkyl halides is 1. The zero-order valence-electron chi connectivity index (χ0n) is 13.1. The summed E-state index contributed by atoms with van der Waals surface area (Å²) >= 11 is 8.73. The summed E-state index contributed by atoms with van der Waals surface area (Å²) in [4.78, 5) is 31.2. The molecule has 1 aliphatic carbocycles. The zero-order chi connectivity index (χ0) is 17.0. The summed E-state index contributed by atoms with van der Waals surface area (Å²) in [5.41, 5.74) is 2.74. The normalized spacial score (nSPS) is 26.8. The number of hydrogen-bond acceptors (Lipinski definition) is 3. The van der Waals surface area contributed by atoms with E-state index in [1.54, 1.807) is 24.3 Å². The van der Waals surface area contributed by atoms with Gasteiger partial charge >= 0.3 is 0 Å². The van der Waals surface area contributed by atoms with E-state index in [1.165, 1.54) is 4.90 Å². The first kappa shape index (κ1) is 16.3. The summed E-state index contributed by atoms with van der Waals surface area (Å²) < 4.78 is 1.08. The van der Waals surface area contributed by atoms with Gasteiger partial charge in [-0.15, -0.1) is 0 Å². The van der Waals surface area contributed by atoms with Gasteiger partial charge in [-0.05, 0) is 53.1 Å². The van der Waals surface area contributed by atoms with Crippen molar-refractivity contribution in [3.05, 3.63) is 44.5 Å². The highest BCUT2D eigenvalue weighted by Crippen LogP contribution is 2.42. The van der Waals surface area contributed by atoms with Crippen molar-refractivity contribution in [3.63, 3.8) is 0 Å². The smallest absolute Gasteiger partial charge is 0.261 e. The second-order valence-corrected chi connectivity index (χ2v) is 8.06.